The van der Waals surface area contributed by atoms with Crippen LogP contribution in [0.4, 0.5) is 10.2 Å². The lowest BCUT2D eigenvalue weighted by atomic mass is 10.1. The van der Waals surface area contributed by atoms with Crippen molar-refractivity contribution in [2.45, 2.75) is 18.9 Å². The molecule has 1 fully saturated rings. The Hall–Kier alpha value is -2.10. The molecule has 1 aromatic carbocycles. The van der Waals surface area contributed by atoms with Gasteiger partial charge >= 0.3 is 0 Å². The number of benzene rings is 1. The summed E-state index contributed by atoms with van der Waals surface area (Å²) >= 11 is 0. The van der Waals surface area contributed by atoms with Crippen molar-refractivity contribution in [3.63, 3.8) is 0 Å². The topological polar surface area (TPSA) is 25.4 Å². The van der Waals surface area contributed by atoms with E-state index < -0.39 is 0 Å². The second kappa shape index (κ2) is 5.90. The number of halogens is 1. The van der Waals surface area contributed by atoms with E-state index in [9.17, 15) is 4.39 Å². The molecular weight excluding hydrogens is 255 g/mol. The van der Waals surface area contributed by atoms with Crippen LogP contribution in [0.25, 0.3) is 0 Å². The third kappa shape index (κ3) is 3.07. The molecule has 0 N–H and O–H groups in total. The van der Waals surface area contributed by atoms with Crippen molar-refractivity contribution in [3.05, 3.63) is 54.5 Å². The van der Waals surface area contributed by atoms with Gasteiger partial charge in [-0.3, -0.25) is 0 Å². The van der Waals surface area contributed by atoms with Crippen molar-refractivity contribution in [2.24, 2.45) is 0 Å². The van der Waals surface area contributed by atoms with Crippen LogP contribution in [0.15, 0.2) is 48.7 Å². The van der Waals surface area contributed by atoms with Crippen LogP contribution in [-0.2, 0) is 0 Å². The van der Waals surface area contributed by atoms with Gasteiger partial charge in [-0.2, -0.15) is 0 Å². The van der Waals surface area contributed by atoms with Crippen molar-refractivity contribution in [1.82, 2.24) is 4.98 Å². The summed E-state index contributed by atoms with van der Waals surface area (Å²) in [4.78, 5) is 6.61. The number of hydrogen-bond donors (Lipinski definition) is 0. The maximum atomic E-state index is 13.1. The first kappa shape index (κ1) is 12.9. The smallest absolute Gasteiger partial charge is 0.128 e. The largest absolute Gasteiger partial charge is 0.490 e. The maximum Gasteiger partial charge on any atom is 0.128 e. The van der Waals surface area contributed by atoms with Crippen molar-refractivity contribution < 1.29 is 9.13 Å². The average molecular weight is 272 g/mol. The van der Waals surface area contributed by atoms with E-state index >= 15 is 0 Å². The molecule has 0 amide bonds. The molecule has 0 atom stereocenters. The molecule has 2 aromatic rings. The molecule has 0 radical (unpaired) electrons. The molecule has 1 aliphatic rings. The van der Waals surface area contributed by atoms with E-state index in [4.69, 9.17) is 4.74 Å². The number of ether oxygens (including phenoxy) is 1. The summed E-state index contributed by atoms with van der Waals surface area (Å²) < 4.78 is 18.9. The van der Waals surface area contributed by atoms with Gasteiger partial charge in [-0.1, -0.05) is 12.1 Å². The van der Waals surface area contributed by atoms with Crippen molar-refractivity contribution in [3.8, 4) is 5.75 Å². The fourth-order valence-corrected chi connectivity index (χ4v) is 2.48. The minimum atomic E-state index is -0.256. The minimum Gasteiger partial charge on any atom is -0.490 e. The number of anilines is 1. The number of rotatable bonds is 3. The fraction of sp³-hybridized carbons (Fsp3) is 0.312. The highest BCUT2D eigenvalue weighted by molar-refractivity contribution is 5.38. The molecule has 3 nitrogen and oxygen atoms in total. The Labute approximate surface area is 118 Å². The average Bonchev–Trinajstić information content (AvgIpc) is 2.49. The molecule has 2 heterocycles. The molecule has 0 bridgehead atoms. The lowest BCUT2D eigenvalue weighted by molar-refractivity contribution is 0.170. The summed E-state index contributed by atoms with van der Waals surface area (Å²) in [5.74, 6) is 1.37. The first-order valence-electron chi connectivity index (χ1n) is 6.89. The van der Waals surface area contributed by atoms with E-state index in [1.807, 2.05) is 24.4 Å². The zero-order valence-electron chi connectivity index (χ0n) is 11.2. The van der Waals surface area contributed by atoms with Crippen LogP contribution in [0.5, 0.6) is 5.75 Å². The van der Waals surface area contributed by atoms with E-state index in [1.54, 1.807) is 12.1 Å². The van der Waals surface area contributed by atoms with Gasteiger partial charge in [-0.25, -0.2) is 9.37 Å². The molecule has 0 aliphatic carbocycles. The predicted molar refractivity (Wildman–Crippen MR) is 76.5 cm³/mol. The zero-order valence-corrected chi connectivity index (χ0v) is 11.2. The molecular formula is C16H17FN2O. The van der Waals surface area contributed by atoms with Gasteiger partial charge in [0.1, 0.15) is 23.5 Å². The molecule has 1 saturated heterocycles. The highest BCUT2D eigenvalue weighted by Crippen LogP contribution is 2.22. The highest BCUT2D eigenvalue weighted by Gasteiger charge is 2.21. The van der Waals surface area contributed by atoms with Crippen LogP contribution in [0, 0.1) is 5.82 Å². The van der Waals surface area contributed by atoms with Gasteiger partial charge in [0.2, 0.25) is 0 Å². The lowest BCUT2D eigenvalue weighted by Gasteiger charge is -2.32. The summed E-state index contributed by atoms with van der Waals surface area (Å²) in [7, 11) is 0. The zero-order chi connectivity index (χ0) is 13.8. The standard InChI is InChI=1S/C16H17FN2O/c17-13-4-3-5-15(12-13)20-14-7-10-19(11-8-14)16-6-1-2-9-18-16/h1-6,9,12,14H,7-8,10-11H2. The Morgan fingerprint density at radius 2 is 1.95 bits per heavy atom. The molecule has 0 saturated carbocycles. The molecule has 20 heavy (non-hydrogen) atoms. The van der Waals surface area contributed by atoms with Crippen LogP contribution >= 0.6 is 0 Å². The summed E-state index contributed by atoms with van der Waals surface area (Å²) in [5, 5.41) is 0. The first-order valence-corrected chi connectivity index (χ1v) is 6.89. The van der Waals surface area contributed by atoms with Crippen molar-refractivity contribution in [1.29, 1.82) is 0 Å². The van der Waals surface area contributed by atoms with E-state index in [1.165, 1.54) is 12.1 Å². The summed E-state index contributed by atoms with van der Waals surface area (Å²) in [5.41, 5.74) is 0. The summed E-state index contributed by atoms with van der Waals surface area (Å²) in [6, 6.07) is 12.3. The van der Waals surface area contributed by atoms with Crippen LogP contribution < -0.4 is 9.64 Å². The number of nitrogens with zero attached hydrogens (tertiary/aromatic N) is 2. The van der Waals surface area contributed by atoms with Gasteiger partial charge in [-0.05, 0) is 24.3 Å². The number of aromatic nitrogens is 1. The Morgan fingerprint density at radius 3 is 2.65 bits per heavy atom. The third-order valence-corrected chi connectivity index (χ3v) is 3.51. The predicted octanol–water partition coefficient (Wildman–Crippen LogP) is 3.27. The fourth-order valence-electron chi connectivity index (χ4n) is 2.48. The first-order chi connectivity index (χ1) is 9.81. The molecule has 104 valence electrons. The van der Waals surface area contributed by atoms with E-state index in [2.05, 4.69) is 9.88 Å². The van der Waals surface area contributed by atoms with Gasteiger partial charge in [0.05, 0.1) is 0 Å². The molecule has 3 rings (SSSR count). The second-order valence-corrected chi connectivity index (χ2v) is 4.95. The number of hydrogen-bond acceptors (Lipinski definition) is 3. The van der Waals surface area contributed by atoms with E-state index in [0.29, 0.717) is 5.75 Å². The normalized spacial score (nSPS) is 16.1. The lowest BCUT2D eigenvalue weighted by Crippen LogP contribution is -2.38. The summed E-state index contributed by atoms with van der Waals surface area (Å²) in [6.07, 6.45) is 3.81. The van der Waals surface area contributed by atoms with Gasteiger partial charge in [-0.15, -0.1) is 0 Å². The molecule has 0 unspecified atom stereocenters. The monoisotopic (exact) mass is 272 g/mol. The van der Waals surface area contributed by atoms with Crippen molar-refractivity contribution >= 4 is 5.82 Å². The Balaban J connectivity index is 1.56. The summed E-state index contributed by atoms with van der Waals surface area (Å²) in [6.45, 7) is 1.83. The van der Waals surface area contributed by atoms with E-state index in [0.717, 1.165) is 31.7 Å². The molecule has 4 heteroatoms. The van der Waals surface area contributed by atoms with Crippen LogP contribution in [0.1, 0.15) is 12.8 Å². The van der Waals surface area contributed by atoms with Gasteiger partial charge in [0, 0.05) is 38.2 Å². The third-order valence-electron chi connectivity index (χ3n) is 3.51. The van der Waals surface area contributed by atoms with Crippen molar-refractivity contribution in [2.75, 3.05) is 18.0 Å². The van der Waals surface area contributed by atoms with Gasteiger partial charge < -0.3 is 9.64 Å². The highest BCUT2D eigenvalue weighted by atomic mass is 19.1. The minimum absolute atomic E-state index is 0.150. The SMILES string of the molecule is Fc1cccc(OC2CCN(c3ccccn3)CC2)c1. The van der Waals surface area contributed by atoms with Crippen LogP contribution in [-0.4, -0.2) is 24.2 Å². The Morgan fingerprint density at radius 1 is 1.10 bits per heavy atom. The second-order valence-electron chi connectivity index (χ2n) is 4.95. The number of piperidine rings is 1. The molecule has 1 aromatic heterocycles. The molecule has 1 aliphatic heterocycles. The van der Waals surface area contributed by atoms with Crippen LogP contribution in [0.2, 0.25) is 0 Å². The van der Waals surface area contributed by atoms with Gasteiger partial charge in [0.25, 0.3) is 0 Å². The quantitative estimate of drug-likeness (QED) is 0.857. The number of pyridine rings is 1. The molecule has 0 spiro atoms. The maximum absolute atomic E-state index is 13.1. The van der Waals surface area contributed by atoms with E-state index in [-0.39, 0.29) is 11.9 Å². The van der Waals surface area contributed by atoms with Crippen LogP contribution in [0.3, 0.4) is 0 Å². The van der Waals surface area contributed by atoms with Gasteiger partial charge in [0.15, 0.2) is 0 Å². The Kier molecular flexibility index (Phi) is 3.81. The Bertz CT molecular complexity index is 553.